The lowest BCUT2D eigenvalue weighted by atomic mass is 10.2. The molecule has 7 nitrogen and oxygen atoms in total. The minimum Gasteiger partial charge on any atom is -0.450 e. The van der Waals surface area contributed by atoms with Gasteiger partial charge in [-0.15, -0.1) is 0 Å². The first-order valence-corrected chi connectivity index (χ1v) is 6.57. The highest BCUT2D eigenvalue weighted by molar-refractivity contribution is 5.67. The third-order valence-electron chi connectivity index (χ3n) is 2.69. The minimum absolute atomic E-state index is 0.337. The lowest BCUT2D eigenvalue weighted by Gasteiger charge is -2.35. The number of rotatable bonds is 7. The number of nitrogens with one attached hydrogen (secondary N) is 1. The Hall–Kier alpha value is -1.34. The molecular formula is C12H22N2O5. The van der Waals surface area contributed by atoms with Gasteiger partial charge in [-0.05, 0) is 13.3 Å². The molecule has 110 valence electrons. The molecule has 0 aliphatic carbocycles. The fraction of sp³-hybridized carbons (Fsp3) is 0.833. The number of amides is 2. The fourth-order valence-electron chi connectivity index (χ4n) is 1.81. The van der Waals surface area contributed by atoms with Gasteiger partial charge in [0.15, 0.2) is 6.23 Å². The number of carbonyl (C=O) groups is 2. The summed E-state index contributed by atoms with van der Waals surface area (Å²) in [5.74, 6) is 0. The van der Waals surface area contributed by atoms with Crippen molar-refractivity contribution in [1.29, 1.82) is 0 Å². The second kappa shape index (κ2) is 8.71. The third kappa shape index (κ3) is 5.04. The van der Waals surface area contributed by atoms with E-state index in [9.17, 15) is 9.59 Å². The molecular weight excluding hydrogens is 252 g/mol. The Morgan fingerprint density at radius 2 is 2.37 bits per heavy atom. The van der Waals surface area contributed by atoms with Crippen LogP contribution in [0.25, 0.3) is 0 Å². The molecule has 2 atom stereocenters. The minimum atomic E-state index is -0.547. The Morgan fingerprint density at radius 1 is 1.58 bits per heavy atom. The predicted molar refractivity (Wildman–Crippen MR) is 67.6 cm³/mol. The number of hydrogen-bond donors (Lipinski definition) is 1. The standard InChI is InChI=1S/C12H22N2O5/c1-3-6-19-11(13-9-15)10-8-14(5-7-18-10)12(16)17-4-2/h9-11H,3-8H2,1-2H3,(H,13,15). The van der Waals surface area contributed by atoms with Gasteiger partial charge in [-0.2, -0.15) is 0 Å². The highest BCUT2D eigenvalue weighted by Gasteiger charge is 2.31. The normalized spacial score (nSPS) is 20.7. The third-order valence-corrected chi connectivity index (χ3v) is 2.69. The summed E-state index contributed by atoms with van der Waals surface area (Å²) < 4.78 is 16.0. The van der Waals surface area contributed by atoms with Gasteiger partial charge in [0.25, 0.3) is 0 Å². The number of morpholine rings is 1. The van der Waals surface area contributed by atoms with Crippen LogP contribution in [0.5, 0.6) is 0 Å². The van der Waals surface area contributed by atoms with Crippen molar-refractivity contribution in [3.63, 3.8) is 0 Å². The molecule has 1 saturated heterocycles. The van der Waals surface area contributed by atoms with Crippen LogP contribution in [0.4, 0.5) is 4.79 Å². The quantitative estimate of drug-likeness (QED) is 0.535. The van der Waals surface area contributed by atoms with Crippen LogP contribution in [0.15, 0.2) is 0 Å². The molecule has 0 bridgehead atoms. The van der Waals surface area contributed by atoms with Crippen LogP contribution in [0, 0.1) is 0 Å². The molecule has 7 heteroatoms. The van der Waals surface area contributed by atoms with Gasteiger partial charge in [0.1, 0.15) is 6.10 Å². The lowest BCUT2D eigenvalue weighted by Crippen LogP contribution is -2.54. The molecule has 2 unspecified atom stereocenters. The van der Waals surface area contributed by atoms with E-state index in [1.54, 1.807) is 11.8 Å². The van der Waals surface area contributed by atoms with E-state index in [2.05, 4.69) is 5.32 Å². The van der Waals surface area contributed by atoms with Gasteiger partial charge in [-0.3, -0.25) is 4.79 Å². The van der Waals surface area contributed by atoms with Crippen molar-refractivity contribution in [3.8, 4) is 0 Å². The molecule has 1 aliphatic heterocycles. The molecule has 0 radical (unpaired) electrons. The lowest BCUT2D eigenvalue weighted by molar-refractivity contribution is -0.132. The van der Waals surface area contributed by atoms with Gasteiger partial charge in [0.2, 0.25) is 6.41 Å². The highest BCUT2D eigenvalue weighted by Crippen LogP contribution is 2.11. The van der Waals surface area contributed by atoms with Crippen LogP contribution in [-0.2, 0) is 19.0 Å². The summed E-state index contributed by atoms with van der Waals surface area (Å²) in [6.07, 6.45) is 0.124. The van der Waals surface area contributed by atoms with Gasteiger partial charge in [-0.25, -0.2) is 4.79 Å². The molecule has 1 fully saturated rings. The van der Waals surface area contributed by atoms with Crippen LogP contribution in [-0.4, -0.2) is 62.6 Å². The summed E-state index contributed by atoms with van der Waals surface area (Å²) in [6, 6.07) is 0. The van der Waals surface area contributed by atoms with Gasteiger partial charge < -0.3 is 24.4 Å². The monoisotopic (exact) mass is 274 g/mol. The van der Waals surface area contributed by atoms with Gasteiger partial charge in [-0.1, -0.05) is 6.92 Å². The number of carbonyl (C=O) groups excluding carboxylic acids is 2. The summed E-state index contributed by atoms with van der Waals surface area (Å²) in [7, 11) is 0. The molecule has 1 aliphatic rings. The highest BCUT2D eigenvalue weighted by atomic mass is 16.6. The fourth-order valence-corrected chi connectivity index (χ4v) is 1.81. The van der Waals surface area contributed by atoms with E-state index in [4.69, 9.17) is 14.2 Å². The molecule has 2 amide bonds. The number of nitrogens with zero attached hydrogens (tertiary/aromatic N) is 1. The summed E-state index contributed by atoms with van der Waals surface area (Å²) in [4.78, 5) is 23.8. The molecule has 0 spiro atoms. The van der Waals surface area contributed by atoms with Gasteiger partial charge in [0, 0.05) is 13.2 Å². The van der Waals surface area contributed by atoms with Crippen molar-refractivity contribution in [2.75, 3.05) is 32.9 Å². The smallest absolute Gasteiger partial charge is 0.409 e. The van der Waals surface area contributed by atoms with Crippen LogP contribution in [0.3, 0.4) is 0 Å². The molecule has 1 N–H and O–H groups in total. The predicted octanol–water partition coefficient (Wildman–Crippen LogP) is 0.342. The molecule has 1 rings (SSSR count). The maximum atomic E-state index is 11.7. The van der Waals surface area contributed by atoms with Crippen molar-refractivity contribution in [1.82, 2.24) is 10.2 Å². The van der Waals surface area contributed by atoms with Crippen molar-refractivity contribution in [3.05, 3.63) is 0 Å². The van der Waals surface area contributed by atoms with Crippen LogP contribution >= 0.6 is 0 Å². The summed E-state index contributed by atoms with van der Waals surface area (Å²) in [5, 5.41) is 2.57. The Morgan fingerprint density at radius 3 is 3.00 bits per heavy atom. The maximum absolute atomic E-state index is 11.7. The summed E-state index contributed by atoms with van der Waals surface area (Å²) in [5.41, 5.74) is 0. The second-order valence-electron chi connectivity index (χ2n) is 4.13. The molecule has 0 saturated carbocycles. The van der Waals surface area contributed by atoms with Gasteiger partial charge >= 0.3 is 6.09 Å². The molecule has 0 aromatic rings. The van der Waals surface area contributed by atoms with Gasteiger partial charge in [0.05, 0.1) is 19.8 Å². The van der Waals surface area contributed by atoms with E-state index in [-0.39, 0.29) is 12.2 Å². The SMILES string of the molecule is CCCOC(NC=O)C1CN(C(=O)OCC)CCO1. The van der Waals surface area contributed by atoms with E-state index in [1.807, 2.05) is 6.92 Å². The number of hydrogen-bond acceptors (Lipinski definition) is 5. The van der Waals surface area contributed by atoms with E-state index < -0.39 is 6.23 Å². The molecule has 0 aromatic carbocycles. The van der Waals surface area contributed by atoms with E-state index >= 15 is 0 Å². The van der Waals surface area contributed by atoms with E-state index in [0.29, 0.717) is 39.3 Å². The van der Waals surface area contributed by atoms with Crippen molar-refractivity contribution < 1.29 is 23.8 Å². The summed E-state index contributed by atoms with van der Waals surface area (Å²) >= 11 is 0. The van der Waals surface area contributed by atoms with Crippen LogP contribution in [0.2, 0.25) is 0 Å². The Labute approximate surface area is 113 Å². The average Bonchev–Trinajstić information content (AvgIpc) is 2.44. The Bertz CT molecular complexity index is 287. The topological polar surface area (TPSA) is 77.1 Å². The number of ether oxygens (including phenoxy) is 3. The Balaban J connectivity index is 2.54. The van der Waals surface area contributed by atoms with E-state index in [1.165, 1.54) is 0 Å². The molecule has 1 heterocycles. The second-order valence-corrected chi connectivity index (χ2v) is 4.13. The van der Waals surface area contributed by atoms with Crippen LogP contribution < -0.4 is 5.32 Å². The zero-order valence-corrected chi connectivity index (χ0v) is 11.5. The first-order chi connectivity index (χ1) is 9.22. The average molecular weight is 274 g/mol. The summed E-state index contributed by atoms with van der Waals surface area (Å²) in [6.45, 7) is 5.82. The largest absolute Gasteiger partial charge is 0.450 e. The molecule has 19 heavy (non-hydrogen) atoms. The van der Waals surface area contributed by atoms with Crippen LogP contribution in [0.1, 0.15) is 20.3 Å². The first-order valence-electron chi connectivity index (χ1n) is 6.57. The molecule has 0 aromatic heterocycles. The van der Waals surface area contributed by atoms with Crippen molar-refractivity contribution in [2.45, 2.75) is 32.6 Å². The zero-order chi connectivity index (χ0) is 14.1. The van der Waals surface area contributed by atoms with Crippen molar-refractivity contribution in [2.24, 2.45) is 0 Å². The maximum Gasteiger partial charge on any atom is 0.409 e. The first kappa shape index (κ1) is 15.7. The van der Waals surface area contributed by atoms with Crippen molar-refractivity contribution >= 4 is 12.5 Å². The Kier molecular flexibility index (Phi) is 7.20. The zero-order valence-electron chi connectivity index (χ0n) is 11.5. The van der Waals surface area contributed by atoms with E-state index in [0.717, 1.165) is 6.42 Å².